The van der Waals surface area contributed by atoms with Crippen LogP contribution in [-0.2, 0) is 28.7 Å². The maximum atomic E-state index is 12.7. The van der Waals surface area contributed by atoms with Crippen molar-refractivity contribution in [3.8, 4) is 0 Å². The molecule has 4 fully saturated rings. The first-order valence-corrected chi connectivity index (χ1v) is 44.4. The molecule has 0 saturated carbocycles. The van der Waals surface area contributed by atoms with E-state index in [2.05, 4.69) is 19.2 Å². The number of carbonyl (C=O) groups is 4. The Balaban J connectivity index is 0.000000352. The fourth-order valence-corrected chi connectivity index (χ4v) is 16.8. The first-order chi connectivity index (χ1) is 48.4. The third-order valence-corrected chi connectivity index (χ3v) is 23.3. The van der Waals surface area contributed by atoms with Gasteiger partial charge in [-0.2, -0.15) is 0 Å². The van der Waals surface area contributed by atoms with Crippen LogP contribution in [0.5, 0.6) is 0 Å². The molecule has 0 aromatic carbocycles. The lowest BCUT2D eigenvalue weighted by Gasteiger charge is -2.17. The van der Waals surface area contributed by atoms with E-state index in [1.165, 1.54) is 429 Å². The number of nitrogens with zero attached hydrogens (tertiary/aromatic N) is 1. The number of ether oxygens (including phenoxy) is 2. The van der Waals surface area contributed by atoms with Gasteiger partial charge in [-0.05, 0) is 12.8 Å². The first-order valence-electron chi connectivity index (χ1n) is 44.4. The van der Waals surface area contributed by atoms with Gasteiger partial charge in [0.25, 0.3) is 0 Å². The molecule has 0 aromatic rings. The second-order valence-electron chi connectivity index (χ2n) is 32.1. The summed E-state index contributed by atoms with van der Waals surface area (Å²) in [6.07, 6.45) is 106. The summed E-state index contributed by atoms with van der Waals surface area (Å²) in [6, 6.07) is 0. The number of hydrogen-bond donors (Lipinski definition) is 2. The van der Waals surface area contributed by atoms with Gasteiger partial charge in [-0.1, -0.05) is 468 Å². The Labute approximate surface area is 606 Å². The Morgan fingerprint density at radius 2 is 0.418 bits per heavy atom. The Kier molecular flexibility index (Phi) is 56.7. The monoisotopic (exact) mass is 1370 g/mol. The van der Waals surface area contributed by atoms with Crippen LogP contribution in [-0.4, -0.2) is 71.2 Å². The predicted molar refractivity (Wildman–Crippen MR) is 416 cm³/mol. The Morgan fingerprint density at radius 1 is 0.255 bits per heavy atom. The van der Waals surface area contributed by atoms with Crippen molar-refractivity contribution >= 4 is 23.6 Å². The smallest absolute Gasteiger partial charge is 0.236 e. The summed E-state index contributed by atoms with van der Waals surface area (Å²) >= 11 is 0. The SMILES string of the molecule is CCCCCCCCCCCCCCCCCCCCCCCCCCCCCCCCCCCCCCCCCCCO.CCCCCCCCCCCCCCCCCCCCCCCCCCCCCCN1C(=O)C2C3C=CC(O3)C2C1=O.O=C1NC(=O)C2C3C=CC(O3)C12. The molecular formula is C89H162N2O7. The first kappa shape index (κ1) is 88.0. The molecule has 570 valence electrons. The number of fused-ring (bicyclic) bond motifs is 10. The predicted octanol–water partition coefficient (Wildman–Crippen LogP) is 26.1. The van der Waals surface area contributed by atoms with Gasteiger partial charge in [0.15, 0.2) is 0 Å². The average Bonchev–Trinajstić information content (AvgIpc) is 1.59. The molecule has 4 amide bonds. The van der Waals surface area contributed by atoms with Crippen molar-refractivity contribution in [2.45, 2.75) is 481 Å². The molecule has 9 nitrogen and oxygen atoms in total. The highest BCUT2D eigenvalue weighted by atomic mass is 16.5. The molecule has 2 N–H and O–H groups in total. The topological polar surface area (TPSA) is 122 Å². The Bertz CT molecular complexity index is 1840. The molecule has 9 heteroatoms. The zero-order chi connectivity index (χ0) is 69.7. The van der Waals surface area contributed by atoms with E-state index in [-0.39, 0.29) is 71.7 Å². The largest absolute Gasteiger partial charge is 0.396 e. The van der Waals surface area contributed by atoms with E-state index < -0.39 is 0 Å². The molecule has 8 unspecified atom stereocenters. The number of aliphatic hydroxyl groups is 1. The van der Waals surface area contributed by atoms with Gasteiger partial charge in [0.2, 0.25) is 23.6 Å². The molecule has 0 aliphatic carbocycles. The van der Waals surface area contributed by atoms with Crippen molar-refractivity contribution in [3.63, 3.8) is 0 Å². The van der Waals surface area contributed by atoms with Gasteiger partial charge < -0.3 is 14.6 Å². The summed E-state index contributed by atoms with van der Waals surface area (Å²) in [7, 11) is 0. The fraction of sp³-hybridized carbons (Fsp3) is 0.910. The molecule has 6 aliphatic rings. The number of carbonyl (C=O) groups excluding carboxylic acids is 4. The molecule has 6 aliphatic heterocycles. The van der Waals surface area contributed by atoms with Crippen LogP contribution in [0.2, 0.25) is 0 Å². The van der Waals surface area contributed by atoms with E-state index in [1.807, 2.05) is 24.3 Å². The van der Waals surface area contributed by atoms with Crippen molar-refractivity contribution < 1.29 is 33.8 Å². The van der Waals surface area contributed by atoms with E-state index in [0.717, 1.165) is 19.3 Å². The van der Waals surface area contributed by atoms with Crippen LogP contribution in [0.15, 0.2) is 24.3 Å². The van der Waals surface area contributed by atoms with Gasteiger partial charge in [-0.3, -0.25) is 29.4 Å². The van der Waals surface area contributed by atoms with Gasteiger partial charge in [-0.25, -0.2) is 0 Å². The van der Waals surface area contributed by atoms with Gasteiger partial charge in [0, 0.05) is 13.2 Å². The minimum atomic E-state index is -0.257. The maximum Gasteiger partial charge on any atom is 0.236 e. The highest BCUT2D eigenvalue weighted by Gasteiger charge is 2.60. The second kappa shape index (κ2) is 63.1. The van der Waals surface area contributed by atoms with Crippen molar-refractivity contribution in [2.75, 3.05) is 13.2 Å². The summed E-state index contributed by atoms with van der Waals surface area (Å²) in [5, 5.41) is 11.1. The zero-order valence-corrected chi connectivity index (χ0v) is 65.0. The lowest BCUT2D eigenvalue weighted by atomic mass is 9.85. The van der Waals surface area contributed by atoms with Crippen molar-refractivity contribution in [3.05, 3.63) is 24.3 Å². The Morgan fingerprint density at radius 3 is 0.602 bits per heavy atom. The van der Waals surface area contributed by atoms with Crippen LogP contribution in [0.3, 0.4) is 0 Å². The molecule has 6 rings (SSSR count). The number of amides is 4. The number of imide groups is 2. The third kappa shape index (κ3) is 41.8. The molecule has 0 radical (unpaired) electrons. The minimum absolute atomic E-state index is 0.00636. The van der Waals surface area contributed by atoms with Crippen LogP contribution in [0.1, 0.15) is 457 Å². The second-order valence-corrected chi connectivity index (χ2v) is 32.1. The van der Waals surface area contributed by atoms with E-state index in [4.69, 9.17) is 14.6 Å². The van der Waals surface area contributed by atoms with Gasteiger partial charge in [-0.15, -0.1) is 0 Å². The van der Waals surface area contributed by atoms with Gasteiger partial charge in [0.05, 0.1) is 48.1 Å². The molecule has 4 saturated heterocycles. The van der Waals surface area contributed by atoms with Crippen LogP contribution in [0, 0.1) is 23.7 Å². The quantitative estimate of drug-likeness (QED) is 0.0353. The van der Waals surface area contributed by atoms with Crippen LogP contribution >= 0.6 is 0 Å². The maximum absolute atomic E-state index is 12.7. The molecular weight excluding hydrogens is 1210 g/mol. The summed E-state index contributed by atoms with van der Waals surface area (Å²) in [5.41, 5.74) is 0. The molecule has 98 heavy (non-hydrogen) atoms. The van der Waals surface area contributed by atoms with Crippen LogP contribution in [0.4, 0.5) is 0 Å². The van der Waals surface area contributed by atoms with E-state index >= 15 is 0 Å². The molecule has 0 spiro atoms. The normalized spacial score (nSPS) is 20.8. The number of unbranched alkanes of at least 4 members (excludes halogenated alkanes) is 67. The van der Waals surface area contributed by atoms with Crippen LogP contribution in [0.25, 0.3) is 0 Å². The Hall–Kier alpha value is -2.36. The highest BCUT2D eigenvalue weighted by Crippen LogP contribution is 2.45. The lowest BCUT2D eigenvalue weighted by Crippen LogP contribution is -2.35. The fourth-order valence-electron chi connectivity index (χ4n) is 16.8. The molecule has 0 aromatic heterocycles. The van der Waals surface area contributed by atoms with Crippen molar-refractivity contribution in [2.24, 2.45) is 23.7 Å². The molecule has 4 bridgehead atoms. The highest BCUT2D eigenvalue weighted by molar-refractivity contribution is 6.07. The number of nitrogens with one attached hydrogen (secondary N) is 1. The van der Waals surface area contributed by atoms with E-state index in [0.29, 0.717) is 13.2 Å². The molecule has 8 atom stereocenters. The standard InChI is InChI=1S/C43H88O.C38H67NO3.C8H7NO3/c1-2-3-4-5-6-7-8-9-10-11-12-13-14-15-16-17-18-19-20-21-22-23-24-25-26-27-28-29-30-31-32-33-34-35-36-37-38-39-40-41-42-43-44;1-2-3-4-5-6-7-8-9-10-11-12-13-14-15-16-17-18-19-20-21-22-23-24-25-26-27-28-29-32-39-37(40)35-33-30-31-34(42-33)36(35)38(39)41;10-7-5-3-1-2-4(12-3)6(5)8(11)9-7/h44H,2-43H2,1H3;30-31,33-36H,2-29,32H2,1H3;1-6H,(H,9,10,11). The number of likely N-dealkylation sites (tertiary alicyclic amines) is 1. The summed E-state index contributed by atoms with van der Waals surface area (Å²) < 4.78 is 11.1. The summed E-state index contributed by atoms with van der Waals surface area (Å²) in [6.45, 7) is 5.58. The third-order valence-electron chi connectivity index (χ3n) is 23.3. The van der Waals surface area contributed by atoms with Gasteiger partial charge >= 0.3 is 0 Å². The lowest BCUT2D eigenvalue weighted by molar-refractivity contribution is -0.142. The number of rotatable bonds is 70. The molecule has 6 heterocycles. The summed E-state index contributed by atoms with van der Waals surface area (Å²) in [5.74, 6) is -1.35. The summed E-state index contributed by atoms with van der Waals surface area (Å²) in [4.78, 5) is 49.3. The van der Waals surface area contributed by atoms with Crippen molar-refractivity contribution in [1.29, 1.82) is 0 Å². The van der Waals surface area contributed by atoms with E-state index in [9.17, 15) is 19.2 Å². The van der Waals surface area contributed by atoms with E-state index in [1.54, 1.807) is 0 Å². The number of hydrogen-bond acceptors (Lipinski definition) is 7. The van der Waals surface area contributed by atoms with Crippen LogP contribution < -0.4 is 5.32 Å². The average molecular weight is 1370 g/mol. The van der Waals surface area contributed by atoms with Crippen molar-refractivity contribution in [1.82, 2.24) is 10.2 Å². The zero-order valence-electron chi connectivity index (χ0n) is 65.0. The number of aliphatic hydroxyl groups excluding tert-OH is 1. The minimum Gasteiger partial charge on any atom is -0.396 e. The van der Waals surface area contributed by atoms with Gasteiger partial charge in [0.1, 0.15) is 0 Å².